The lowest BCUT2D eigenvalue weighted by Gasteiger charge is -2.31. The van der Waals surface area contributed by atoms with Gasteiger partial charge < -0.3 is 14.7 Å². The van der Waals surface area contributed by atoms with E-state index in [2.05, 4.69) is 19.9 Å². The van der Waals surface area contributed by atoms with Gasteiger partial charge in [0, 0.05) is 58.7 Å². The second kappa shape index (κ2) is 13.2. The summed E-state index contributed by atoms with van der Waals surface area (Å²) in [5.74, 6) is -1.77. The number of phenols is 1. The Morgan fingerprint density at radius 1 is 1.19 bits per heavy atom. The van der Waals surface area contributed by atoms with Crippen molar-refractivity contribution in [2.45, 2.75) is 64.1 Å². The summed E-state index contributed by atoms with van der Waals surface area (Å²) in [6.07, 6.45) is 3.29. The van der Waals surface area contributed by atoms with E-state index < -0.39 is 23.3 Å². The molecule has 4 aromatic rings. The van der Waals surface area contributed by atoms with Crippen LogP contribution in [0, 0.1) is 11.6 Å². The van der Waals surface area contributed by atoms with Gasteiger partial charge in [0.05, 0.1) is 10.9 Å². The Balaban J connectivity index is 1.42. The molecule has 0 saturated carbocycles. The average Bonchev–Trinajstić information content (AvgIpc) is 3.58. The van der Waals surface area contributed by atoms with Crippen LogP contribution in [-0.2, 0) is 16.0 Å². The summed E-state index contributed by atoms with van der Waals surface area (Å²) in [4.78, 5) is 42.5. The topological polar surface area (TPSA) is 112 Å². The number of nitrogens with zero attached hydrogens (tertiary/aromatic N) is 6. The van der Waals surface area contributed by atoms with Crippen LogP contribution in [0.5, 0.6) is 11.8 Å². The number of fused-ring (bicyclic) bond motifs is 3. The SMILES string of the molecule is CCc1c(F)ccc2cc(O)cc(-c3ncc4c(N(C)CCCC(=O)N(C)C(C)=O)nc(OC[C@@]56CCCN5C[C@H](F)C6)nc4c3F)c12. The zero-order chi connectivity index (χ0) is 34.3. The Bertz CT molecular complexity index is 1910. The number of imide groups is 1. The van der Waals surface area contributed by atoms with Crippen LogP contribution < -0.4 is 9.64 Å². The van der Waals surface area contributed by atoms with Gasteiger partial charge in [-0.05, 0) is 66.8 Å². The molecular weight excluding hydrogens is 625 g/mol. The molecule has 0 aliphatic carbocycles. The highest BCUT2D eigenvalue weighted by atomic mass is 19.1. The van der Waals surface area contributed by atoms with Crippen LogP contribution in [0.4, 0.5) is 19.0 Å². The van der Waals surface area contributed by atoms with Gasteiger partial charge in [-0.2, -0.15) is 9.97 Å². The van der Waals surface area contributed by atoms with E-state index in [0.29, 0.717) is 54.5 Å². The first kappa shape index (κ1) is 33.4. The number of hydrogen-bond acceptors (Lipinski definition) is 9. The summed E-state index contributed by atoms with van der Waals surface area (Å²) in [6.45, 7) is 4.68. The van der Waals surface area contributed by atoms with Gasteiger partial charge in [-0.25, -0.2) is 13.2 Å². The summed E-state index contributed by atoms with van der Waals surface area (Å²) in [7, 11) is 3.16. The molecule has 2 aliphatic heterocycles. The van der Waals surface area contributed by atoms with Crippen molar-refractivity contribution in [2.75, 3.05) is 45.2 Å². The number of aromatic nitrogens is 3. The minimum atomic E-state index is -0.959. The Morgan fingerprint density at radius 3 is 2.73 bits per heavy atom. The number of ether oxygens (including phenoxy) is 1. The lowest BCUT2D eigenvalue weighted by atomic mass is 9.94. The van der Waals surface area contributed by atoms with E-state index in [4.69, 9.17) is 4.74 Å². The molecule has 10 nitrogen and oxygen atoms in total. The zero-order valence-electron chi connectivity index (χ0n) is 27.5. The van der Waals surface area contributed by atoms with Crippen molar-refractivity contribution in [2.24, 2.45) is 0 Å². The molecule has 2 aromatic heterocycles. The maximum atomic E-state index is 16.8. The first-order chi connectivity index (χ1) is 22.9. The van der Waals surface area contributed by atoms with E-state index >= 15 is 4.39 Å². The van der Waals surface area contributed by atoms with Crippen molar-refractivity contribution in [3.05, 3.63) is 47.7 Å². The molecule has 0 radical (unpaired) electrons. The predicted molar refractivity (Wildman–Crippen MR) is 176 cm³/mol. The third-order valence-electron chi connectivity index (χ3n) is 9.73. The highest BCUT2D eigenvalue weighted by Crippen LogP contribution is 2.41. The molecule has 2 aliphatic rings. The maximum absolute atomic E-state index is 16.8. The lowest BCUT2D eigenvalue weighted by Crippen LogP contribution is -2.43. The lowest BCUT2D eigenvalue weighted by molar-refractivity contribution is -0.141. The van der Waals surface area contributed by atoms with Crippen LogP contribution in [0.3, 0.4) is 0 Å². The molecule has 6 rings (SSSR count). The maximum Gasteiger partial charge on any atom is 0.319 e. The monoisotopic (exact) mass is 664 g/mol. The van der Waals surface area contributed by atoms with Crippen LogP contribution in [0.25, 0.3) is 32.9 Å². The van der Waals surface area contributed by atoms with Crippen LogP contribution in [0.1, 0.15) is 51.5 Å². The summed E-state index contributed by atoms with van der Waals surface area (Å²) in [5, 5.41) is 11.8. The second-order valence-corrected chi connectivity index (χ2v) is 12.8. The molecule has 13 heteroatoms. The fourth-order valence-electron chi connectivity index (χ4n) is 7.16. The molecular formula is C35H39F3N6O4. The quantitative estimate of drug-likeness (QED) is 0.233. The number of benzene rings is 2. The summed E-state index contributed by atoms with van der Waals surface area (Å²) in [5.41, 5.74) is -0.137. The van der Waals surface area contributed by atoms with Crippen molar-refractivity contribution in [1.82, 2.24) is 24.8 Å². The molecule has 0 bridgehead atoms. The van der Waals surface area contributed by atoms with E-state index in [1.165, 1.54) is 44.4 Å². The molecule has 2 fully saturated rings. The van der Waals surface area contributed by atoms with E-state index in [9.17, 15) is 23.5 Å². The number of rotatable bonds is 10. The summed E-state index contributed by atoms with van der Waals surface area (Å²) in [6, 6.07) is 5.60. The second-order valence-electron chi connectivity index (χ2n) is 12.8. The van der Waals surface area contributed by atoms with Crippen LogP contribution in [0.15, 0.2) is 30.5 Å². The van der Waals surface area contributed by atoms with Crippen LogP contribution in [-0.4, -0.2) is 93.7 Å². The number of anilines is 1. The van der Waals surface area contributed by atoms with Crippen molar-refractivity contribution in [3.63, 3.8) is 0 Å². The molecule has 254 valence electrons. The number of pyridine rings is 1. The van der Waals surface area contributed by atoms with E-state index in [1.807, 2.05) is 0 Å². The van der Waals surface area contributed by atoms with Gasteiger partial charge in [-0.1, -0.05) is 13.0 Å². The number of carbonyl (C=O) groups is 2. The molecule has 1 N–H and O–H groups in total. The van der Waals surface area contributed by atoms with Crippen molar-refractivity contribution in [1.29, 1.82) is 0 Å². The van der Waals surface area contributed by atoms with Crippen molar-refractivity contribution < 1.29 is 32.6 Å². The molecule has 48 heavy (non-hydrogen) atoms. The van der Waals surface area contributed by atoms with Gasteiger partial charge in [-0.3, -0.25) is 24.4 Å². The van der Waals surface area contributed by atoms with Gasteiger partial charge in [0.15, 0.2) is 5.82 Å². The Labute approximate surface area is 276 Å². The minimum absolute atomic E-state index is 0.0965. The Hall–Kier alpha value is -4.52. The van der Waals surface area contributed by atoms with E-state index in [1.54, 1.807) is 18.9 Å². The normalized spacial score (nSPS) is 19.2. The average molecular weight is 665 g/mol. The van der Waals surface area contributed by atoms with Crippen LogP contribution >= 0.6 is 0 Å². The molecule has 2 aromatic carbocycles. The molecule has 2 amide bonds. The fourth-order valence-corrected chi connectivity index (χ4v) is 7.16. The van der Waals surface area contributed by atoms with Gasteiger partial charge >= 0.3 is 6.01 Å². The molecule has 4 heterocycles. The highest BCUT2D eigenvalue weighted by Gasteiger charge is 2.49. The Kier molecular flexibility index (Phi) is 9.16. The molecule has 0 spiro atoms. The summed E-state index contributed by atoms with van der Waals surface area (Å²) < 4.78 is 52.3. The number of alkyl halides is 1. The van der Waals surface area contributed by atoms with Crippen molar-refractivity contribution in [3.8, 4) is 23.0 Å². The summed E-state index contributed by atoms with van der Waals surface area (Å²) >= 11 is 0. The standard InChI is InChI=1S/C35H39F3N6O4/c1-5-24-27(37)10-9-21-14-23(46)15-25(29(21)24)31-30(38)32-26(17-39-31)33(42(3)12-6-8-28(47)43(4)20(2)45)41-34(40-32)48-19-35-11-7-13-44(35)18-22(36)16-35/h9-10,14-15,17,22,46H,5-8,11-13,16,18-19H2,1-4H3/t22-,35+/m1/s1. The van der Waals surface area contributed by atoms with Gasteiger partial charge in [0.2, 0.25) is 11.8 Å². The predicted octanol–water partition coefficient (Wildman–Crippen LogP) is 5.57. The largest absolute Gasteiger partial charge is 0.508 e. The first-order valence-corrected chi connectivity index (χ1v) is 16.2. The number of hydrogen-bond donors (Lipinski definition) is 1. The van der Waals surface area contributed by atoms with Crippen LogP contribution in [0.2, 0.25) is 0 Å². The minimum Gasteiger partial charge on any atom is -0.508 e. The van der Waals surface area contributed by atoms with Crippen molar-refractivity contribution >= 4 is 39.3 Å². The number of halogens is 3. The number of phenolic OH excluding ortho intramolecular Hbond substituents is 1. The molecule has 2 saturated heterocycles. The zero-order valence-corrected chi connectivity index (χ0v) is 27.5. The number of carbonyl (C=O) groups excluding carboxylic acids is 2. The fraction of sp³-hybridized carbons (Fsp3) is 0.457. The smallest absolute Gasteiger partial charge is 0.319 e. The third-order valence-corrected chi connectivity index (χ3v) is 9.73. The number of aromatic hydroxyl groups is 1. The number of aryl methyl sites for hydroxylation is 1. The first-order valence-electron chi connectivity index (χ1n) is 16.2. The van der Waals surface area contributed by atoms with Gasteiger partial charge in [0.1, 0.15) is 41.4 Å². The van der Waals surface area contributed by atoms with Gasteiger partial charge in [0.25, 0.3) is 0 Å². The van der Waals surface area contributed by atoms with E-state index in [-0.39, 0.29) is 58.8 Å². The highest BCUT2D eigenvalue weighted by molar-refractivity contribution is 6.01. The van der Waals surface area contributed by atoms with Gasteiger partial charge in [-0.15, -0.1) is 0 Å². The Morgan fingerprint density at radius 2 is 1.98 bits per heavy atom. The number of amides is 2. The third kappa shape index (κ3) is 6.11. The molecule has 2 atom stereocenters. The van der Waals surface area contributed by atoms with E-state index in [0.717, 1.165) is 24.3 Å². The molecule has 0 unspecified atom stereocenters.